The molecule has 1 aromatic rings. The monoisotopic (exact) mass is 301 g/mol. The van der Waals surface area contributed by atoms with Gasteiger partial charge in [-0.3, -0.25) is 0 Å². The molecule has 0 saturated heterocycles. The molecule has 0 fully saturated rings. The molecule has 0 aliphatic carbocycles. The summed E-state index contributed by atoms with van der Waals surface area (Å²) < 4.78 is 75.4. The highest BCUT2D eigenvalue weighted by Gasteiger charge is 2.31. The molecule has 1 aromatic carbocycles. The van der Waals surface area contributed by atoms with Gasteiger partial charge in [0.25, 0.3) is 0 Å². The molecule has 0 aromatic heterocycles. The minimum absolute atomic E-state index is 0.182. The van der Waals surface area contributed by atoms with Crippen molar-refractivity contribution in [2.24, 2.45) is 0 Å². The lowest BCUT2D eigenvalue weighted by atomic mass is 10.2. The molecule has 0 heterocycles. The lowest BCUT2D eigenvalue weighted by Crippen LogP contribution is -2.44. The number of hydrogen-bond acceptors (Lipinski definition) is 3. The van der Waals surface area contributed by atoms with Crippen molar-refractivity contribution in [1.29, 1.82) is 0 Å². The molecule has 3 nitrogen and oxygen atoms in total. The number of rotatable bonds is 5. The highest BCUT2D eigenvalue weighted by molar-refractivity contribution is 6.66. The summed E-state index contributed by atoms with van der Waals surface area (Å²) in [6.07, 6.45) is -0.182. The van der Waals surface area contributed by atoms with Gasteiger partial charge < -0.3 is 14.2 Å². The molecule has 0 saturated carbocycles. The first kappa shape index (κ1) is 15.9. The Morgan fingerprint density at radius 2 is 1.21 bits per heavy atom. The van der Waals surface area contributed by atoms with Gasteiger partial charge in [-0.1, -0.05) is 0 Å². The van der Waals surface area contributed by atoms with E-state index in [0.29, 0.717) is 0 Å². The predicted molar refractivity (Wildman–Crippen MR) is 60.4 cm³/mol. The van der Waals surface area contributed by atoms with E-state index in [0.717, 1.165) is 0 Å². The highest BCUT2D eigenvalue weighted by atomic mass is 28.4. The summed E-state index contributed by atoms with van der Waals surface area (Å²) in [6, 6.07) is 0. The molecule has 0 aliphatic heterocycles. The van der Waals surface area contributed by atoms with Crippen LogP contribution in [0, 0.1) is 29.1 Å². The van der Waals surface area contributed by atoms with Gasteiger partial charge in [0, 0.05) is 14.2 Å². The summed E-state index contributed by atoms with van der Waals surface area (Å²) >= 11 is 0. The second kappa shape index (κ2) is 5.84. The van der Waals surface area contributed by atoms with E-state index in [1.807, 2.05) is 0 Å². The third kappa shape index (κ3) is 3.04. The molecule has 0 spiro atoms. The normalized spacial score (nSPS) is 11.8. The van der Waals surface area contributed by atoms with Crippen LogP contribution in [0.15, 0.2) is 0 Å². The van der Waals surface area contributed by atoms with Crippen molar-refractivity contribution in [3.63, 3.8) is 0 Å². The van der Waals surface area contributed by atoms with Crippen LogP contribution in [0.5, 0.6) is 0 Å². The van der Waals surface area contributed by atoms with Gasteiger partial charge in [-0.2, -0.15) is 0 Å². The molecular formula is C10H12F5NO2Si. The van der Waals surface area contributed by atoms with Gasteiger partial charge >= 0.3 is 8.56 Å². The minimum Gasteiger partial charge on any atom is -0.397 e. The maximum atomic E-state index is 13.3. The van der Waals surface area contributed by atoms with E-state index < -0.39 is 43.3 Å². The molecule has 1 rings (SSSR count). The average molecular weight is 301 g/mol. The van der Waals surface area contributed by atoms with Crippen molar-refractivity contribution in [1.82, 2.24) is 0 Å². The molecule has 0 atom stereocenters. The van der Waals surface area contributed by atoms with Crippen LogP contribution >= 0.6 is 0 Å². The third-order valence-electron chi connectivity index (χ3n) is 2.66. The maximum absolute atomic E-state index is 13.3. The van der Waals surface area contributed by atoms with Gasteiger partial charge in [-0.05, 0) is 6.55 Å². The van der Waals surface area contributed by atoms with Gasteiger partial charge in [-0.15, -0.1) is 0 Å². The van der Waals surface area contributed by atoms with Gasteiger partial charge in [-0.25, -0.2) is 22.0 Å². The molecular weight excluding hydrogens is 289 g/mol. The van der Waals surface area contributed by atoms with Crippen LogP contribution in [-0.2, 0) is 8.85 Å². The average Bonchev–Trinajstić information content (AvgIpc) is 2.42. The summed E-state index contributed by atoms with van der Waals surface area (Å²) in [5.41, 5.74) is -1.09. The number of hydrogen-bond donors (Lipinski definition) is 1. The lowest BCUT2D eigenvalue weighted by Gasteiger charge is -2.23. The fourth-order valence-electron chi connectivity index (χ4n) is 1.24. The van der Waals surface area contributed by atoms with Crippen molar-refractivity contribution in [3.05, 3.63) is 29.1 Å². The van der Waals surface area contributed by atoms with Crippen LogP contribution in [0.3, 0.4) is 0 Å². The summed E-state index contributed by atoms with van der Waals surface area (Å²) in [5, 5.41) is 2.15. The zero-order chi connectivity index (χ0) is 14.8. The van der Waals surface area contributed by atoms with Crippen LogP contribution in [0.1, 0.15) is 0 Å². The molecule has 0 radical (unpaired) electrons. The van der Waals surface area contributed by atoms with Crippen molar-refractivity contribution in [2.45, 2.75) is 6.55 Å². The Morgan fingerprint density at radius 1 is 0.842 bits per heavy atom. The van der Waals surface area contributed by atoms with Crippen LogP contribution in [0.2, 0.25) is 6.55 Å². The topological polar surface area (TPSA) is 30.5 Å². The van der Waals surface area contributed by atoms with Crippen molar-refractivity contribution < 1.29 is 30.8 Å². The largest absolute Gasteiger partial charge is 0.397 e. The molecule has 1 N–H and O–H groups in total. The minimum atomic E-state index is -2.76. The summed E-state index contributed by atoms with van der Waals surface area (Å²) in [5.74, 6) is -10.0. The van der Waals surface area contributed by atoms with Gasteiger partial charge in [0.05, 0.1) is 6.17 Å². The Labute approximate surface area is 107 Å². The van der Waals surface area contributed by atoms with Gasteiger partial charge in [0.15, 0.2) is 23.3 Å². The number of anilines is 1. The molecule has 19 heavy (non-hydrogen) atoms. The van der Waals surface area contributed by atoms with Gasteiger partial charge in [0.1, 0.15) is 5.69 Å². The number of nitrogens with one attached hydrogen (secondary N) is 1. The summed E-state index contributed by atoms with van der Waals surface area (Å²) in [7, 11) is -0.0988. The van der Waals surface area contributed by atoms with Crippen LogP contribution in [0.4, 0.5) is 27.6 Å². The van der Waals surface area contributed by atoms with E-state index in [1.165, 1.54) is 14.2 Å². The van der Waals surface area contributed by atoms with Crippen LogP contribution in [-0.4, -0.2) is 28.9 Å². The van der Waals surface area contributed by atoms with Crippen LogP contribution < -0.4 is 5.32 Å². The zero-order valence-corrected chi connectivity index (χ0v) is 11.4. The fraction of sp³-hybridized carbons (Fsp3) is 0.400. The molecule has 9 heteroatoms. The summed E-state index contributed by atoms with van der Waals surface area (Å²) in [4.78, 5) is 0. The van der Waals surface area contributed by atoms with E-state index in [1.54, 1.807) is 6.55 Å². The Hall–Kier alpha value is -1.19. The second-order valence-electron chi connectivity index (χ2n) is 3.84. The fourth-order valence-corrected chi connectivity index (χ4v) is 2.19. The first-order valence-corrected chi connectivity index (χ1v) is 7.65. The molecule has 0 aliphatic rings. The second-order valence-corrected chi connectivity index (χ2v) is 7.28. The van der Waals surface area contributed by atoms with Gasteiger partial charge in [0.2, 0.25) is 5.82 Å². The first-order valence-electron chi connectivity index (χ1n) is 5.13. The first-order chi connectivity index (χ1) is 8.77. The standard InChI is InChI=1S/C10H12F5NO2Si/c1-17-19(3,18-2)4-16-10-8(14)6(12)5(11)7(13)9(10)15/h16H,4H2,1-3H3. The molecule has 108 valence electrons. The van der Waals surface area contributed by atoms with Crippen molar-refractivity contribution in [3.8, 4) is 0 Å². The quantitative estimate of drug-likeness (QED) is 0.392. The van der Waals surface area contributed by atoms with E-state index in [-0.39, 0.29) is 6.17 Å². The molecule has 0 bridgehead atoms. The molecule has 0 amide bonds. The number of benzene rings is 1. The maximum Gasteiger partial charge on any atom is 0.354 e. The highest BCUT2D eigenvalue weighted by Crippen LogP contribution is 2.27. The Balaban J connectivity index is 3.09. The van der Waals surface area contributed by atoms with E-state index in [2.05, 4.69) is 5.32 Å². The Morgan fingerprint density at radius 3 is 1.58 bits per heavy atom. The molecule has 0 unspecified atom stereocenters. The number of halogens is 5. The van der Waals surface area contributed by atoms with E-state index in [9.17, 15) is 22.0 Å². The SMILES string of the molecule is CO[Si](C)(CNc1c(F)c(F)c(F)c(F)c1F)OC. The van der Waals surface area contributed by atoms with E-state index in [4.69, 9.17) is 8.85 Å². The van der Waals surface area contributed by atoms with Crippen molar-refractivity contribution >= 4 is 14.2 Å². The third-order valence-corrected chi connectivity index (χ3v) is 5.21. The summed E-state index contributed by atoms with van der Waals surface area (Å²) in [6.45, 7) is 1.56. The Bertz CT molecular complexity index is 452. The lowest BCUT2D eigenvalue weighted by molar-refractivity contribution is 0.253. The van der Waals surface area contributed by atoms with Crippen LogP contribution in [0.25, 0.3) is 0 Å². The van der Waals surface area contributed by atoms with E-state index >= 15 is 0 Å². The Kier molecular flexibility index (Phi) is 4.88. The van der Waals surface area contributed by atoms with Crippen molar-refractivity contribution in [2.75, 3.05) is 25.7 Å². The zero-order valence-electron chi connectivity index (χ0n) is 10.4. The predicted octanol–water partition coefficient (Wildman–Crippen LogP) is 2.70. The smallest absolute Gasteiger partial charge is 0.354 e.